The zero-order valence-corrected chi connectivity index (χ0v) is 12.7. The van der Waals surface area contributed by atoms with Crippen LogP contribution in [0.15, 0.2) is 17.8 Å². The lowest BCUT2D eigenvalue weighted by molar-refractivity contribution is 0.0948. The fourth-order valence-corrected chi connectivity index (χ4v) is 2.83. The Kier molecular flexibility index (Phi) is 3.70. The largest absolute Gasteiger partial charge is 0.351 e. The van der Waals surface area contributed by atoms with Gasteiger partial charge < -0.3 is 5.32 Å². The molecular formula is C13H16N6OS. The minimum absolute atomic E-state index is 0.141. The van der Waals surface area contributed by atoms with Crippen molar-refractivity contribution in [1.82, 2.24) is 29.5 Å². The number of nitrogens with one attached hydrogen (secondary N) is 1. The molecule has 3 heterocycles. The molecule has 0 atom stereocenters. The first kappa shape index (κ1) is 13.7. The van der Waals surface area contributed by atoms with E-state index in [4.69, 9.17) is 0 Å². The van der Waals surface area contributed by atoms with Crippen LogP contribution in [0.4, 0.5) is 0 Å². The molecule has 0 saturated heterocycles. The third-order valence-electron chi connectivity index (χ3n) is 3.12. The maximum Gasteiger partial charge on any atom is 0.271 e. The number of carbonyl (C=O) groups is 1. The predicted molar refractivity (Wildman–Crippen MR) is 79.5 cm³/mol. The normalized spacial score (nSPS) is 11.1. The number of aromatic nitrogens is 5. The average molecular weight is 304 g/mol. The Morgan fingerprint density at radius 1 is 1.38 bits per heavy atom. The highest BCUT2D eigenvalue weighted by Crippen LogP contribution is 2.11. The summed E-state index contributed by atoms with van der Waals surface area (Å²) in [7, 11) is 0. The molecule has 0 unspecified atom stereocenters. The van der Waals surface area contributed by atoms with Crippen LogP contribution in [-0.4, -0.2) is 36.6 Å². The summed E-state index contributed by atoms with van der Waals surface area (Å²) in [5, 5.41) is 9.10. The fraction of sp³-hybridized carbons (Fsp3) is 0.385. The maximum atomic E-state index is 12.0. The summed E-state index contributed by atoms with van der Waals surface area (Å²) in [5.41, 5.74) is 0.453. The molecule has 3 aromatic heterocycles. The standard InChI is InChI=1S/C13H16N6OS/c1-9-15-10(2)19(17-9)5-3-4-14-12(20)11-8-18-6-7-21-13(18)16-11/h6-8H,3-5H2,1-2H3,(H,14,20). The molecule has 1 amide bonds. The van der Waals surface area contributed by atoms with Gasteiger partial charge in [-0.15, -0.1) is 11.3 Å². The number of fused-ring (bicyclic) bond motifs is 1. The van der Waals surface area contributed by atoms with Crippen molar-refractivity contribution >= 4 is 22.2 Å². The van der Waals surface area contributed by atoms with E-state index >= 15 is 0 Å². The molecular weight excluding hydrogens is 288 g/mol. The molecule has 8 heteroatoms. The summed E-state index contributed by atoms with van der Waals surface area (Å²) >= 11 is 1.51. The molecule has 0 spiro atoms. The molecule has 0 aromatic carbocycles. The van der Waals surface area contributed by atoms with E-state index in [9.17, 15) is 4.79 Å². The van der Waals surface area contributed by atoms with E-state index < -0.39 is 0 Å². The van der Waals surface area contributed by atoms with E-state index in [1.807, 2.05) is 34.5 Å². The fourth-order valence-electron chi connectivity index (χ4n) is 2.13. The molecule has 7 nitrogen and oxygen atoms in total. The third kappa shape index (κ3) is 2.94. The molecule has 0 saturated carbocycles. The molecule has 0 aliphatic heterocycles. The van der Waals surface area contributed by atoms with E-state index in [0.717, 1.165) is 29.6 Å². The Bertz CT molecular complexity index is 742. The molecule has 0 radical (unpaired) electrons. The molecule has 1 N–H and O–H groups in total. The van der Waals surface area contributed by atoms with Crippen molar-refractivity contribution in [3.05, 3.63) is 35.1 Å². The number of thiazole rings is 1. The van der Waals surface area contributed by atoms with Gasteiger partial charge in [-0.05, 0) is 20.3 Å². The third-order valence-corrected chi connectivity index (χ3v) is 3.89. The number of hydrogen-bond acceptors (Lipinski definition) is 5. The zero-order chi connectivity index (χ0) is 14.8. The van der Waals surface area contributed by atoms with Gasteiger partial charge in [0.2, 0.25) is 0 Å². The summed E-state index contributed by atoms with van der Waals surface area (Å²) in [6.07, 6.45) is 4.43. The molecule has 0 bridgehead atoms. The van der Waals surface area contributed by atoms with Gasteiger partial charge in [0.05, 0.1) is 0 Å². The topological polar surface area (TPSA) is 77.1 Å². The van der Waals surface area contributed by atoms with Gasteiger partial charge in [-0.1, -0.05) is 0 Å². The predicted octanol–water partition coefficient (Wildman–Crippen LogP) is 1.42. The average Bonchev–Trinajstić information content (AvgIpc) is 3.09. The van der Waals surface area contributed by atoms with Crippen LogP contribution in [0.1, 0.15) is 28.6 Å². The quantitative estimate of drug-likeness (QED) is 0.723. The van der Waals surface area contributed by atoms with Crippen LogP contribution in [0.2, 0.25) is 0 Å². The summed E-state index contributed by atoms with van der Waals surface area (Å²) in [6, 6.07) is 0. The van der Waals surface area contributed by atoms with Gasteiger partial charge >= 0.3 is 0 Å². The monoisotopic (exact) mass is 304 g/mol. The second kappa shape index (κ2) is 5.65. The zero-order valence-electron chi connectivity index (χ0n) is 11.9. The second-order valence-corrected chi connectivity index (χ2v) is 5.63. The number of amides is 1. The van der Waals surface area contributed by atoms with Crippen molar-refractivity contribution in [2.45, 2.75) is 26.8 Å². The van der Waals surface area contributed by atoms with Crippen molar-refractivity contribution in [1.29, 1.82) is 0 Å². The molecule has 110 valence electrons. The second-order valence-electron chi connectivity index (χ2n) is 4.76. The van der Waals surface area contributed by atoms with E-state index in [1.165, 1.54) is 11.3 Å². The first-order valence-electron chi connectivity index (χ1n) is 6.72. The number of hydrogen-bond donors (Lipinski definition) is 1. The van der Waals surface area contributed by atoms with Gasteiger partial charge in [-0.3, -0.25) is 13.9 Å². The van der Waals surface area contributed by atoms with Crippen LogP contribution < -0.4 is 5.32 Å². The Labute approximate surface area is 125 Å². The number of imidazole rings is 1. The summed E-state index contributed by atoms with van der Waals surface area (Å²) in [5.74, 6) is 1.53. The summed E-state index contributed by atoms with van der Waals surface area (Å²) < 4.78 is 3.70. The summed E-state index contributed by atoms with van der Waals surface area (Å²) in [4.78, 5) is 21.3. The van der Waals surface area contributed by atoms with Crippen molar-refractivity contribution < 1.29 is 4.79 Å². The lowest BCUT2D eigenvalue weighted by Crippen LogP contribution is -2.25. The van der Waals surface area contributed by atoms with E-state index in [2.05, 4.69) is 20.4 Å². The Morgan fingerprint density at radius 3 is 2.95 bits per heavy atom. The number of nitrogens with zero attached hydrogens (tertiary/aromatic N) is 5. The van der Waals surface area contributed by atoms with Gasteiger partial charge in [0.25, 0.3) is 5.91 Å². The number of rotatable bonds is 5. The smallest absolute Gasteiger partial charge is 0.271 e. The molecule has 0 aliphatic carbocycles. The van der Waals surface area contributed by atoms with Gasteiger partial charge in [0, 0.05) is 30.9 Å². The van der Waals surface area contributed by atoms with Gasteiger partial charge in [-0.25, -0.2) is 9.97 Å². The van der Waals surface area contributed by atoms with Crippen LogP contribution in [0, 0.1) is 13.8 Å². The van der Waals surface area contributed by atoms with Crippen LogP contribution in [0.5, 0.6) is 0 Å². The summed E-state index contributed by atoms with van der Waals surface area (Å²) in [6.45, 7) is 5.12. The van der Waals surface area contributed by atoms with E-state index in [-0.39, 0.29) is 5.91 Å². The molecule has 21 heavy (non-hydrogen) atoms. The highest BCUT2D eigenvalue weighted by atomic mass is 32.1. The van der Waals surface area contributed by atoms with Crippen LogP contribution in [-0.2, 0) is 6.54 Å². The Balaban J connectivity index is 1.50. The Hall–Kier alpha value is -2.22. The van der Waals surface area contributed by atoms with Crippen LogP contribution in [0.3, 0.4) is 0 Å². The van der Waals surface area contributed by atoms with Crippen LogP contribution in [0.25, 0.3) is 4.96 Å². The SMILES string of the molecule is Cc1nc(C)n(CCCNC(=O)c2cn3ccsc3n2)n1. The van der Waals surface area contributed by atoms with Gasteiger partial charge in [0.1, 0.15) is 17.3 Å². The van der Waals surface area contributed by atoms with Crippen molar-refractivity contribution in [2.24, 2.45) is 0 Å². The molecule has 3 rings (SSSR count). The Morgan fingerprint density at radius 2 is 2.24 bits per heavy atom. The maximum absolute atomic E-state index is 12.0. The highest BCUT2D eigenvalue weighted by Gasteiger charge is 2.10. The minimum Gasteiger partial charge on any atom is -0.351 e. The van der Waals surface area contributed by atoms with E-state index in [0.29, 0.717) is 12.2 Å². The van der Waals surface area contributed by atoms with Crippen LogP contribution >= 0.6 is 11.3 Å². The highest BCUT2D eigenvalue weighted by molar-refractivity contribution is 7.15. The molecule has 0 aliphatic rings. The first-order chi connectivity index (χ1) is 10.1. The van der Waals surface area contributed by atoms with Crippen molar-refractivity contribution in [3.63, 3.8) is 0 Å². The minimum atomic E-state index is -0.141. The van der Waals surface area contributed by atoms with Gasteiger partial charge in [-0.2, -0.15) is 5.10 Å². The molecule has 0 fully saturated rings. The van der Waals surface area contributed by atoms with Gasteiger partial charge in [0.15, 0.2) is 4.96 Å². The van der Waals surface area contributed by atoms with Crippen molar-refractivity contribution in [3.8, 4) is 0 Å². The van der Waals surface area contributed by atoms with E-state index in [1.54, 1.807) is 6.20 Å². The first-order valence-corrected chi connectivity index (χ1v) is 7.60. The lowest BCUT2D eigenvalue weighted by Gasteiger charge is -2.04. The lowest BCUT2D eigenvalue weighted by atomic mass is 10.4. The number of carbonyl (C=O) groups excluding carboxylic acids is 1. The molecule has 3 aromatic rings. The number of aryl methyl sites for hydroxylation is 3. The van der Waals surface area contributed by atoms with Crippen molar-refractivity contribution in [2.75, 3.05) is 6.54 Å².